The van der Waals surface area contributed by atoms with Gasteiger partial charge in [0.25, 0.3) is 0 Å². The number of hydrogen-bond donors (Lipinski definition) is 0. The van der Waals surface area contributed by atoms with Crippen molar-refractivity contribution >= 4 is 31.6 Å². The number of ether oxygens (including phenoxy) is 2. The lowest BCUT2D eigenvalue weighted by Gasteiger charge is -2.06. The zero-order valence-electron chi connectivity index (χ0n) is 14.2. The highest BCUT2D eigenvalue weighted by atomic mass is 32.2. The van der Waals surface area contributed by atoms with E-state index >= 15 is 0 Å². The van der Waals surface area contributed by atoms with Gasteiger partial charge in [-0.25, -0.2) is 16.8 Å². The molecule has 0 radical (unpaired) electrons. The minimum absolute atomic E-state index is 0.0459. The van der Waals surface area contributed by atoms with E-state index in [0.29, 0.717) is 0 Å². The Morgan fingerprint density at radius 3 is 1.21 bits per heavy atom. The van der Waals surface area contributed by atoms with E-state index in [4.69, 9.17) is 0 Å². The van der Waals surface area contributed by atoms with Crippen molar-refractivity contribution in [2.24, 2.45) is 0 Å². The molecule has 0 atom stereocenters. The zero-order chi connectivity index (χ0) is 18.6. The summed E-state index contributed by atoms with van der Waals surface area (Å²) >= 11 is 0. The Morgan fingerprint density at radius 1 is 0.625 bits per heavy atom. The average molecular weight is 386 g/mol. The Hall–Kier alpha value is -1.16. The predicted molar refractivity (Wildman–Crippen MR) is 89.0 cm³/mol. The molecule has 0 fully saturated rings. The SMILES string of the molecule is COC(=O)CCCS(=O)(=O)CCCCS(=O)(=O)CCCC(=O)OC. The van der Waals surface area contributed by atoms with E-state index in [2.05, 4.69) is 9.47 Å². The highest BCUT2D eigenvalue weighted by Crippen LogP contribution is 2.06. The molecule has 0 rings (SSSR count). The summed E-state index contributed by atoms with van der Waals surface area (Å²) in [4.78, 5) is 21.8. The first-order valence-corrected chi connectivity index (χ1v) is 11.3. The van der Waals surface area contributed by atoms with Crippen LogP contribution in [-0.2, 0) is 38.7 Å². The Morgan fingerprint density at radius 2 is 0.917 bits per heavy atom. The van der Waals surface area contributed by atoms with E-state index in [1.165, 1.54) is 14.2 Å². The molecular weight excluding hydrogens is 360 g/mol. The van der Waals surface area contributed by atoms with Gasteiger partial charge in [-0.2, -0.15) is 0 Å². The van der Waals surface area contributed by atoms with Gasteiger partial charge in [0.2, 0.25) is 0 Å². The minimum atomic E-state index is -3.30. The van der Waals surface area contributed by atoms with Gasteiger partial charge >= 0.3 is 11.9 Å². The second kappa shape index (κ2) is 11.4. The lowest BCUT2D eigenvalue weighted by atomic mass is 10.3. The number of unbranched alkanes of at least 4 members (excludes halogenated alkanes) is 1. The van der Waals surface area contributed by atoms with Gasteiger partial charge in [-0.15, -0.1) is 0 Å². The summed E-state index contributed by atoms with van der Waals surface area (Å²) in [5, 5.41) is 0. The Balaban J connectivity index is 3.97. The Kier molecular flexibility index (Phi) is 10.9. The first-order chi connectivity index (χ1) is 11.1. The van der Waals surface area contributed by atoms with E-state index in [9.17, 15) is 26.4 Å². The van der Waals surface area contributed by atoms with E-state index in [-0.39, 0.29) is 61.5 Å². The molecule has 0 saturated carbocycles. The summed E-state index contributed by atoms with van der Waals surface area (Å²) in [5.74, 6) is -1.36. The van der Waals surface area contributed by atoms with Gasteiger partial charge in [0, 0.05) is 12.8 Å². The van der Waals surface area contributed by atoms with Crippen molar-refractivity contribution in [2.75, 3.05) is 37.2 Å². The van der Waals surface area contributed by atoms with Crippen LogP contribution in [0.1, 0.15) is 38.5 Å². The molecule has 0 spiro atoms. The molecule has 0 N–H and O–H groups in total. The topological polar surface area (TPSA) is 121 Å². The average Bonchev–Trinajstić information content (AvgIpc) is 2.50. The first kappa shape index (κ1) is 22.8. The lowest BCUT2D eigenvalue weighted by molar-refractivity contribution is -0.141. The highest BCUT2D eigenvalue weighted by Gasteiger charge is 2.15. The van der Waals surface area contributed by atoms with Crippen molar-refractivity contribution < 1.29 is 35.9 Å². The molecule has 0 unspecified atom stereocenters. The van der Waals surface area contributed by atoms with E-state index in [1.807, 2.05) is 0 Å². The summed E-state index contributed by atoms with van der Waals surface area (Å²) < 4.78 is 55.9. The molecule has 0 aliphatic rings. The maximum atomic E-state index is 11.8. The Bertz CT molecular complexity index is 538. The van der Waals surface area contributed by atoms with Crippen molar-refractivity contribution in [1.29, 1.82) is 0 Å². The molecule has 142 valence electrons. The molecular formula is C14H26O8S2. The van der Waals surface area contributed by atoms with Gasteiger partial charge in [-0.1, -0.05) is 0 Å². The third kappa shape index (κ3) is 12.3. The van der Waals surface area contributed by atoms with Gasteiger partial charge in [-0.3, -0.25) is 9.59 Å². The molecule has 0 aliphatic carbocycles. The van der Waals surface area contributed by atoms with Crippen LogP contribution in [0.5, 0.6) is 0 Å². The molecule has 10 heteroatoms. The molecule has 0 aromatic heterocycles. The third-order valence-electron chi connectivity index (χ3n) is 3.29. The molecule has 0 bridgehead atoms. The molecule has 0 aromatic rings. The summed E-state index contributed by atoms with van der Waals surface area (Å²) in [6, 6.07) is 0. The smallest absolute Gasteiger partial charge is 0.305 e. The van der Waals surface area contributed by atoms with Crippen LogP contribution < -0.4 is 0 Å². The van der Waals surface area contributed by atoms with Crippen LogP contribution in [0, 0.1) is 0 Å². The summed E-state index contributed by atoms with van der Waals surface area (Å²) in [5.41, 5.74) is 0. The van der Waals surface area contributed by atoms with Gasteiger partial charge < -0.3 is 9.47 Å². The second-order valence-electron chi connectivity index (χ2n) is 5.37. The normalized spacial score (nSPS) is 11.9. The third-order valence-corrected chi connectivity index (χ3v) is 6.93. The fourth-order valence-corrected chi connectivity index (χ4v) is 4.79. The molecule has 0 saturated heterocycles. The number of esters is 2. The fourth-order valence-electron chi connectivity index (χ4n) is 1.93. The number of methoxy groups -OCH3 is 2. The molecule has 0 heterocycles. The molecule has 0 aromatic carbocycles. The quantitative estimate of drug-likeness (QED) is 0.331. The maximum Gasteiger partial charge on any atom is 0.305 e. The van der Waals surface area contributed by atoms with Crippen LogP contribution >= 0.6 is 0 Å². The van der Waals surface area contributed by atoms with Crippen LogP contribution in [-0.4, -0.2) is 66.0 Å². The number of sulfone groups is 2. The molecule has 24 heavy (non-hydrogen) atoms. The van der Waals surface area contributed by atoms with E-state index in [0.717, 1.165) is 0 Å². The van der Waals surface area contributed by atoms with Gasteiger partial charge in [0.15, 0.2) is 0 Å². The van der Waals surface area contributed by atoms with Crippen molar-refractivity contribution in [3.8, 4) is 0 Å². The van der Waals surface area contributed by atoms with Crippen molar-refractivity contribution in [1.82, 2.24) is 0 Å². The van der Waals surface area contributed by atoms with E-state index < -0.39 is 31.6 Å². The highest BCUT2D eigenvalue weighted by molar-refractivity contribution is 7.91. The fraction of sp³-hybridized carbons (Fsp3) is 0.857. The van der Waals surface area contributed by atoms with Crippen molar-refractivity contribution in [3.05, 3.63) is 0 Å². The van der Waals surface area contributed by atoms with Crippen LogP contribution in [0.25, 0.3) is 0 Å². The van der Waals surface area contributed by atoms with Gasteiger partial charge in [0.05, 0.1) is 37.2 Å². The summed E-state index contributed by atoms with van der Waals surface area (Å²) in [6.45, 7) is 0. The van der Waals surface area contributed by atoms with Crippen LogP contribution in [0.15, 0.2) is 0 Å². The Labute approximate surface area is 143 Å². The molecule has 0 amide bonds. The van der Waals surface area contributed by atoms with Crippen LogP contribution in [0.2, 0.25) is 0 Å². The van der Waals surface area contributed by atoms with Crippen LogP contribution in [0.4, 0.5) is 0 Å². The maximum absolute atomic E-state index is 11.8. The van der Waals surface area contributed by atoms with Gasteiger partial charge in [0.1, 0.15) is 19.7 Å². The number of rotatable bonds is 13. The molecule has 8 nitrogen and oxygen atoms in total. The largest absolute Gasteiger partial charge is 0.469 e. The number of hydrogen-bond acceptors (Lipinski definition) is 8. The predicted octanol–water partition coefficient (Wildman–Crippen LogP) is 0.503. The molecule has 0 aliphatic heterocycles. The number of carbonyl (C=O) groups excluding carboxylic acids is 2. The summed E-state index contributed by atoms with van der Waals surface area (Å²) in [6.07, 6.45) is 0.976. The van der Waals surface area contributed by atoms with Crippen LogP contribution in [0.3, 0.4) is 0 Å². The standard InChI is InChI=1S/C14H26O8S2/c1-21-13(15)7-5-11-23(17,18)9-3-4-10-24(19,20)12-6-8-14(16)22-2/h3-12H2,1-2H3. The van der Waals surface area contributed by atoms with Gasteiger partial charge in [-0.05, 0) is 25.7 Å². The lowest BCUT2D eigenvalue weighted by Crippen LogP contribution is -2.16. The van der Waals surface area contributed by atoms with E-state index in [1.54, 1.807) is 0 Å². The first-order valence-electron chi connectivity index (χ1n) is 7.66. The monoisotopic (exact) mass is 386 g/mol. The second-order valence-corrected chi connectivity index (χ2v) is 9.98. The van der Waals surface area contributed by atoms with Crippen molar-refractivity contribution in [3.63, 3.8) is 0 Å². The minimum Gasteiger partial charge on any atom is -0.469 e. The number of carbonyl (C=O) groups is 2. The zero-order valence-corrected chi connectivity index (χ0v) is 15.8. The summed E-state index contributed by atoms with van der Waals surface area (Å²) in [7, 11) is -4.12. The van der Waals surface area contributed by atoms with Crippen molar-refractivity contribution in [2.45, 2.75) is 38.5 Å².